The molecule has 2 rings (SSSR count). The molecule has 2 N–H and O–H groups in total. The van der Waals surface area contributed by atoms with E-state index >= 15 is 0 Å². The number of nitrogens with zero attached hydrogens (tertiary/aromatic N) is 1. The summed E-state index contributed by atoms with van der Waals surface area (Å²) >= 11 is 0. The van der Waals surface area contributed by atoms with E-state index in [0.29, 0.717) is 22.7 Å². The molecular formula is C22H27N3O5. The lowest BCUT2D eigenvalue weighted by molar-refractivity contribution is -0.116. The molecule has 0 aliphatic heterocycles. The number of rotatable bonds is 6. The van der Waals surface area contributed by atoms with Crippen LogP contribution in [0.3, 0.4) is 0 Å². The Labute approximate surface area is 176 Å². The SMILES string of the molecule is COc1cccc(NC(=O)CN(C)C(=O)c2cccc(NC(=O)OC(C)(C)C)c2)c1. The van der Waals surface area contributed by atoms with Crippen LogP contribution in [0.5, 0.6) is 5.75 Å². The molecule has 0 aromatic heterocycles. The van der Waals surface area contributed by atoms with Gasteiger partial charge in [-0.2, -0.15) is 0 Å². The summed E-state index contributed by atoms with van der Waals surface area (Å²) in [6, 6.07) is 13.4. The van der Waals surface area contributed by atoms with E-state index in [1.807, 2.05) is 0 Å². The van der Waals surface area contributed by atoms with Gasteiger partial charge >= 0.3 is 6.09 Å². The highest BCUT2D eigenvalue weighted by Gasteiger charge is 2.18. The fourth-order valence-electron chi connectivity index (χ4n) is 2.56. The fourth-order valence-corrected chi connectivity index (χ4v) is 2.56. The van der Waals surface area contributed by atoms with Gasteiger partial charge in [-0.3, -0.25) is 14.9 Å². The highest BCUT2D eigenvalue weighted by molar-refractivity contribution is 6.00. The summed E-state index contributed by atoms with van der Waals surface area (Å²) in [4.78, 5) is 38.2. The van der Waals surface area contributed by atoms with Crippen molar-refractivity contribution in [2.24, 2.45) is 0 Å². The minimum absolute atomic E-state index is 0.139. The van der Waals surface area contributed by atoms with Gasteiger partial charge in [-0.15, -0.1) is 0 Å². The Bertz CT molecular complexity index is 921. The van der Waals surface area contributed by atoms with E-state index in [0.717, 1.165) is 0 Å². The van der Waals surface area contributed by atoms with Crippen molar-refractivity contribution in [1.82, 2.24) is 4.90 Å². The lowest BCUT2D eigenvalue weighted by atomic mass is 10.1. The average molecular weight is 413 g/mol. The molecule has 8 nitrogen and oxygen atoms in total. The van der Waals surface area contributed by atoms with Crippen LogP contribution in [0.4, 0.5) is 16.2 Å². The molecule has 0 spiro atoms. The second-order valence-electron chi connectivity index (χ2n) is 7.65. The summed E-state index contributed by atoms with van der Waals surface area (Å²) in [5.41, 5.74) is 0.696. The Morgan fingerprint density at radius 1 is 0.967 bits per heavy atom. The van der Waals surface area contributed by atoms with Crippen LogP contribution in [0.25, 0.3) is 0 Å². The van der Waals surface area contributed by atoms with Crippen LogP contribution in [-0.2, 0) is 9.53 Å². The summed E-state index contributed by atoms with van der Waals surface area (Å²) in [6.45, 7) is 5.15. The van der Waals surface area contributed by atoms with Gasteiger partial charge in [0.25, 0.3) is 5.91 Å². The summed E-state index contributed by atoms with van der Waals surface area (Å²) in [7, 11) is 3.07. The minimum Gasteiger partial charge on any atom is -0.497 e. The molecule has 0 aliphatic rings. The molecule has 0 fully saturated rings. The van der Waals surface area contributed by atoms with Crippen LogP contribution in [0, 0.1) is 0 Å². The van der Waals surface area contributed by atoms with Gasteiger partial charge < -0.3 is 19.7 Å². The quantitative estimate of drug-likeness (QED) is 0.752. The van der Waals surface area contributed by atoms with Gasteiger partial charge in [0.2, 0.25) is 5.91 Å². The first-order chi connectivity index (χ1) is 14.1. The number of nitrogens with one attached hydrogen (secondary N) is 2. The van der Waals surface area contributed by atoms with Crippen LogP contribution < -0.4 is 15.4 Å². The molecular weight excluding hydrogens is 386 g/mol. The van der Waals surface area contributed by atoms with Gasteiger partial charge in [0.05, 0.1) is 13.7 Å². The maximum Gasteiger partial charge on any atom is 0.412 e. The number of ether oxygens (including phenoxy) is 2. The third kappa shape index (κ3) is 7.12. The first-order valence-corrected chi connectivity index (χ1v) is 9.37. The van der Waals surface area contributed by atoms with Crippen LogP contribution >= 0.6 is 0 Å². The van der Waals surface area contributed by atoms with Gasteiger partial charge in [-0.1, -0.05) is 12.1 Å². The molecule has 0 unspecified atom stereocenters. The van der Waals surface area contributed by atoms with Gasteiger partial charge in [-0.05, 0) is 51.1 Å². The van der Waals surface area contributed by atoms with Crippen molar-refractivity contribution in [3.63, 3.8) is 0 Å². The van der Waals surface area contributed by atoms with E-state index < -0.39 is 11.7 Å². The number of hydrogen-bond acceptors (Lipinski definition) is 5. The lowest BCUT2D eigenvalue weighted by Gasteiger charge is -2.20. The van der Waals surface area contributed by atoms with E-state index in [-0.39, 0.29) is 18.4 Å². The first kappa shape index (κ1) is 22.7. The van der Waals surface area contributed by atoms with Crippen LogP contribution in [0.1, 0.15) is 31.1 Å². The third-order valence-electron chi connectivity index (χ3n) is 3.84. The highest BCUT2D eigenvalue weighted by Crippen LogP contribution is 2.17. The fraction of sp³-hybridized carbons (Fsp3) is 0.318. The van der Waals surface area contributed by atoms with Crippen molar-refractivity contribution >= 4 is 29.3 Å². The molecule has 8 heteroatoms. The number of hydrogen-bond donors (Lipinski definition) is 2. The lowest BCUT2D eigenvalue weighted by Crippen LogP contribution is -2.35. The van der Waals surface area contributed by atoms with Crippen molar-refractivity contribution in [2.75, 3.05) is 31.3 Å². The molecule has 160 valence electrons. The highest BCUT2D eigenvalue weighted by atomic mass is 16.6. The molecule has 0 aliphatic carbocycles. The van der Waals surface area contributed by atoms with E-state index in [1.54, 1.807) is 70.3 Å². The van der Waals surface area contributed by atoms with E-state index in [2.05, 4.69) is 10.6 Å². The Kier molecular flexibility index (Phi) is 7.41. The van der Waals surface area contributed by atoms with Gasteiger partial charge in [0.1, 0.15) is 11.4 Å². The number of amides is 3. The maximum atomic E-state index is 12.7. The Morgan fingerprint density at radius 3 is 2.23 bits per heavy atom. The monoisotopic (exact) mass is 413 g/mol. The molecule has 0 radical (unpaired) electrons. The van der Waals surface area contributed by atoms with E-state index in [4.69, 9.17) is 9.47 Å². The standard InChI is InChI=1S/C22H27N3O5/c1-22(2,3)30-21(28)24-16-9-6-8-15(12-16)20(27)25(4)14-19(26)23-17-10-7-11-18(13-17)29-5/h6-13H,14H2,1-5H3,(H,23,26)(H,24,28). The summed E-state index contributed by atoms with van der Waals surface area (Å²) in [6.07, 6.45) is -0.613. The topological polar surface area (TPSA) is 97.0 Å². The van der Waals surface area contributed by atoms with Crippen molar-refractivity contribution < 1.29 is 23.9 Å². The summed E-state index contributed by atoms with van der Waals surface area (Å²) in [5.74, 6) is -0.0858. The molecule has 30 heavy (non-hydrogen) atoms. The number of carbonyl (C=O) groups excluding carboxylic acids is 3. The molecule has 0 atom stereocenters. The summed E-state index contributed by atoms with van der Waals surface area (Å²) in [5, 5.41) is 5.32. The van der Waals surface area contributed by atoms with Crippen molar-refractivity contribution in [2.45, 2.75) is 26.4 Å². The Balaban J connectivity index is 1.98. The van der Waals surface area contributed by atoms with E-state index in [9.17, 15) is 14.4 Å². The van der Waals surface area contributed by atoms with Crippen molar-refractivity contribution in [3.8, 4) is 5.75 Å². The van der Waals surface area contributed by atoms with Gasteiger partial charge in [0.15, 0.2) is 0 Å². The molecule has 2 aromatic carbocycles. The van der Waals surface area contributed by atoms with Crippen LogP contribution in [0.2, 0.25) is 0 Å². The Morgan fingerprint density at radius 2 is 1.60 bits per heavy atom. The summed E-state index contributed by atoms with van der Waals surface area (Å²) < 4.78 is 10.3. The second-order valence-corrected chi connectivity index (χ2v) is 7.65. The zero-order valence-corrected chi connectivity index (χ0v) is 17.8. The third-order valence-corrected chi connectivity index (χ3v) is 3.84. The van der Waals surface area contributed by atoms with Crippen LogP contribution in [0.15, 0.2) is 48.5 Å². The smallest absolute Gasteiger partial charge is 0.412 e. The van der Waals surface area contributed by atoms with Crippen LogP contribution in [-0.4, -0.2) is 49.1 Å². The molecule has 3 amide bonds. The molecule has 2 aromatic rings. The number of benzene rings is 2. The number of methoxy groups -OCH3 is 1. The molecule has 0 saturated carbocycles. The van der Waals surface area contributed by atoms with Gasteiger partial charge in [0, 0.05) is 30.1 Å². The van der Waals surface area contributed by atoms with Gasteiger partial charge in [-0.25, -0.2) is 4.79 Å². The molecule has 0 bridgehead atoms. The zero-order chi connectivity index (χ0) is 22.3. The van der Waals surface area contributed by atoms with Crippen molar-refractivity contribution in [3.05, 3.63) is 54.1 Å². The molecule has 0 heterocycles. The zero-order valence-electron chi connectivity index (χ0n) is 17.8. The average Bonchev–Trinajstić information content (AvgIpc) is 2.66. The normalized spacial score (nSPS) is 10.7. The first-order valence-electron chi connectivity index (χ1n) is 9.37. The Hall–Kier alpha value is -3.55. The molecule has 0 saturated heterocycles. The largest absolute Gasteiger partial charge is 0.497 e. The number of anilines is 2. The van der Waals surface area contributed by atoms with Crippen molar-refractivity contribution in [1.29, 1.82) is 0 Å². The van der Waals surface area contributed by atoms with E-state index in [1.165, 1.54) is 18.0 Å². The maximum absolute atomic E-state index is 12.7. The number of likely N-dealkylation sites (N-methyl/N-ethyl adjacent to an activating group) is 1. The second kappa shape index (κ2) is 9.78. The predicted octanol–water partition coefficient (Wildman–Crippen LogP) is 3.75. The number of carbonyl (C=O) groups is 3. The minimum atomic E-state index is -0.631. The predicted molar refractivity (Wildman–Crippen MR) is 115 cm³/mol.